The smallest absolute Gasteiger partial charge is 0.272 e. The van der Waals surface area contributed by atoms with Gasteiger partial charge in [0.25, 0.3) is 5.56 Å². The Bertz CT molecular complexity index is 771. The highest BCUT2D eigenvalue weighted by molar-refractivity contribution is 5.91. The van der Waals surface area contributed by atoms with E-state index in [1.807, 2.05) is 0 Å². The average Bonchev–Trinajstić information content (AvgIpc) is 2.55. The number of hydrogen-bond donors (Lipinski definition) is 4. The van der Waals surface area contributed by atoms with Crippen LogP contribution in [-0.4, -0.2) is 46.3 Å². The first-order valence-electron chi connectivity index (χ1n) is 7.17. The van der Waals surface area contributed by atoms with E-state index in [1.165, 1.54) is 0 Å². The third-order valence-corrected chi connectivity index (χ3v) is 3.28. The highest BCUT2D eigenvalue weighted by atomic mass is 16.3. The second kappa shape index (κ2) is 7.50. The van der Waals surface area contributed by atoms with Crippen LogP contribution in [0.3, 0.4) is 0 Å². The van der Waals surface area contributed by atoms with E-state index in [2.05, 4.69) is 20.8 Å². The fraction of sp³-hybridized carbons (Fsp3) is 0.333. The average molecular weight is 318 g/mol. The van der Waals surface area contributed by atoms with Crippen LogP contribution in [0.1, 0.15) is 12.6 Å². The number of amides is 2. The zero-order chi connectivity index (χ0) is 16.8. The molecule has 0 aliphatic carbocycles. The van der Waals surface area contributed by atoms with Crippen LogP contribution in [-0.2, 0) is 16.0 Å². The van der Waals surface area contributed by atoms with Crippen molar-refractivity contribution in [1.82, 2.24) is 20.8 Å². The van der Waals surface area contributed by atoms with Crippen LogP contribution in [0.25, 0.3) is 10.8 Å². The molecule has 0 bridgehead atoms. The molecule has 8 nitrogen and oxygen atoms in total. The molecule has 0 saturated heterocycles. The zero-order valence-electron chi connectivity index (χ0n) is 12.6. The summed E-state index contributed by atoms with van der Waals surface area (Å²) in [5.74, 6) is -0.770. The molecule has 0 unspecified atom stereocenters. The number of fused-ring (bicyclic) bond motifs is 1. The second-order valence-electron chi connectivity index (χ2n) is 5.03. The summed E-state index contributed by atoms with van der Waals surface area (Å²) in [6.45, 7) is 1.51. The van der Waals surface area contributed by atoms with Crippen LogP contribution in [0.5, 0.6) is 0 Å². The lowest BCUT2D eigenvalue weighted by Crippen LogP contribution is -2.46. The van der Waals surface area contributed by atoms with Crippen LogP contribution in [0, 0.1) is 0 Å². The van der Waals surface area contributed by atoms with Gasteiger partial charge in [-0.3, -0.25) is 14.4 Å². The molecule has 0 spiro atoms. The summed E-state index contributed by atoms with van der Waals surface area (Å²) in [6.07, 6.45) is -0.0606. The molecule has 0 saturated carbocycles. The molecule has 122 valence electrons. The topological polar surface area (TPSA) is 124 Å². The number of nitrogens with one attached hydrogen (secondary N) is 3. The van der Waals surface area contributed by atoms with Gasteiger partial charge in [0.1, 0.15) is 6.04 Å². The van der Waals surface area contributed by atoms with Gasteiger partial charge in [0, 0.05) is 11.9 Å². The van der Waals surface area contributed by atoms with Crippen molar-refractivity contribution >= 4 is 22.6 Å². The van der Waals surface area contributed by atoms with Gasteiger partial charge in [0.05, 0.1) is 24.1 Å². The van der Waals surface area contributed by atoms with Crippen molar-refractivity contribution in [1.29, 1.82) is 0 Å². The zero-order valence-corrected chi connectivity index (χ0v) is 12.6. The van der Waals surface area contributed by atoms with E-state index in [0.29, 0.717) is 16.5 Å². The van der Waals surface area contributed by atoms with Gasteiger partial charge in [-0.2, -0.15) is 5.10 Å². The van der Waals surface area contributed by atoms with Crippen molar-refractivity contribution in [2.45, 2.75) is 19.4 Å². The molecule has 4 N–H and O–H groups in total. The van der Waals surface area contributed by atoms with Crippen molar-refractivity contribution in [3.63, 3.8) is 0 Å². The number of hydrogen-bond acceptors (Lipinski definition) is 5. The Hall–Kier alpha value is -2.74. The van der Waals surface area contributed by atoms with E-state index in [1.54, 1.807) is 31.2 Å². The summed E-state index contributed by atoms with van der Waals surface area (Å²) >= 11 is 0. The highest BCUT2D eigenvalue weighted by Crippen LogP contribution is 2.12. The molecular weight excluding hydrogens is 300 g/mol. The molecule has 0 aliphatic rings. The number of carbonyl (C=O) groups is 2. The van der Waals surface area contributed by atoms with Gasteiger partial charge in [-0.05, 0) is 13.0 Å². The molecule has 0 radical (unpaired) electrons. The third-order valence-electron chi connectivity index (χ3n) is 3.28. The van der Waals surface area contributed by atoms with Gasteiger partial charge in [-0.25, -0.2) is 5.10 Å². The van der Waals surface area contributed by atoms with Crippen molar-refractivity contribution in [3.8, 4) is 0 Å². The maximum Gasteiger partial charge on any atom is 0.272 e. The summed E-state index contributed by atoms with van der Waals surface area (Å²) in [4.78, 5) is 35.4. The van der Waals surface area contributed by atoms with E-state index in [-0.39, 0.29) is 36.9 Å². The monoisotopic (exact) mass is 318 g/mol. The number of carbonyl (C=O) groups excluding carboxylic acids is 2. The van der Waals surface area contributed by atoms with Gasteiger partial charge in [0.15, 0.2) is 0 Å². The summed E-state index contributed by atoms with van der Waals surface area (Å²) in [6, 6.07) is 6.13. The lowest BCUT2D eigenvalue weighted by Gasteiger charge is -2.13. The highest BCUT2D eigenvalue weighted by Gasteiger charge is 2.17. The maximum atomic E-state index is 12.1. The van der Waals surface area contributed by atoms with Crippen LogP contribution >= 0.6 is 0 Å². The first kappa shape index (κ1) is 16.6. The molecule has 1 heterocycles. The van der Waals surface area contributed by atoms with E-state index < -0.39 is 6.04 Å². The number of benzene rings is 1. The molecular formula is C15H18N4O4. The van der Waals surface area contributed by atoms with Crippen LogP contribution in [0.4, 0.5) is 0 Å². The van der Waals surface area contributed by atoms with E-state index in [0.717, 1.165) is 0 Å². The number of aliphatic hydroxyl groups excluding tert-OH is 1. The van der Waals surface area contributed by atoms with Gasteiger partial charge < -0.3 is 15.7 Å². The molecule has 2 rings (SSSR count). The lowest BCUT2D eigenvalue weighted by atomic mass is 10.1. The van der Waals surface area contributed by atoms with E-state index in [9.17, 15) is 14.4 Å². The molecule has 1 aromatic carbocycles. The lowest BCUT2D eigenvalue weighted by molar-refractivity contribution is -0.128. The first-order chi connectivity index (χ1) is 11.0. The Kier molecular flexibility index (Phi) is 5.42. The Morgan fingerprint density at radius 1 is 1.30 bits per heavy atom. The minimum absolute atomic E-state index is 0.0606. The summed E-state index contributed by atoms with van der Waals surface area (Å²) < 4.78 is 0. The van der Waals surface area contributed by atoms with Crippen molar-refractivity contribution in [2.75, 3.05) is 13.2 Å². The molecule has 1 atom stereocenters. The number of aliphatic hydroxyl groups is 1. The van der Waals surface area contributed by atoms with E-state index >= 15 is 0 Å². The van der Waals surface area contributed by atoms with Gasteiger partial charge in [0.2, 0.25) is 11.8 Å². The standard InChI is InChI=1S/C15H18N4O4/c1-9(14(22)16-6-7-20)17-13(21)8-12-10-4-2-3-5-11(10)15(23)19-18-12/h2-5,9,20H,6-8H2,1H3,(H,16,22)(H,17,21)(H,19,23)/t9-/m1/s1. The Balaban J connectivity index is 2.08. The summed E-state index contributed by atoms with van der Waals surface area (Å²) in [7, 11) is 0. The van der Waals surface area contributed by atoms with Gasteiger partial charge in [-0.15, -0.1) is 0 Å². The Labute approximate surface area is 131 Å². The van der Waals surface area contributed by atoms with Crippen molar-refractivity contribution in [3.05, 3.63) is 40.3 Å². The quantitative estimate of drug-likeness (QED) is 0.548. The number of H-pyrrole nitrogens is 1. The molecule has 2 aromatic rings. The van der Waals surface area contributed by atoms with Crippen LogP contribution in [0.2, 0.25) is 0 Å². The molecule has 1 aromatic heterocycles. The SMILES string of the molecule is C[C@@H](NC(=O)Cc1n[nH]c(=O)c2ccccc12)C(=O)NCCO. The molecule has 0 aliphatic heterocycles. The normalized spacial score (nSPS) is 11.9. The van der Waals surface area contributed by atoms with Crippen LogP contribution in [0.15, 0.2) is 29.1 Å². The number of aromatic nitrogens is 2. The molecule has 23 heavy (non-hydrogen) atoms. The summed E-state index contributed by atoms with van der Waals surface area (Å²) in [5.41, 5.74) is 0.113. The molecule has 8 heteroatoms. The first-order valence-corrected chi connectivity index (χ1v) is 7.17. The third kappa shape index (κ3) is 4.13. The van der Waals surface area contributed by atoms with Crippen LogP contribution < -0.4 is 16.2 Å². The van der Waals surface area contributed by atoms with Gasteiger partial charge >= 0.3 is 0 Å². The Morgan fingerprint density at radius 3 is 2.70 bits per heavy atom. The largest absolute Gasteiger partial charge is 0.395 e. The number of nitrogens with zero attached hydrogens (tertiary/aromatic N) is 1. The molecule has 0 fully saturated rings. The van der Waals surface area contributed by atoms with Crippen molar-refractivity contribution < 1.29 is 14.7 Å². The molecule has 2 amide bonds. The fourth-order valence-electron chi connectivity index (χ4n) is 2.15. The summed E-state index contributed by atoms with van der Waals surface area (Å²) in [5, 5.41) is 21.0. The van der Waals surface area contributed by atoms with Crippen molar-refractivity contribution in [2.24, 2.45) is 0 Å². The predicted molar refractivity (Wildman–Crippen MR) is 83.8 cm³/mol. The number of rotatable bonds is 6. The minimum Gasteiger partial charge on any atom is -0.395 e. The number of aromatic amines is 1. The predicted octanol–water partition coefficient (Wildman–Crippen LogP) is -0.921. The fourth-order valence-corrected chi connectivity index (χ4v) is 2.15. The Morgan fingerprint density at radius 2 is 2.00 bits per heavy atom. The minimum atomic E-state index is -0.733. The van der Waals surface area contributed by atoms with Gasteiger partial charge in [-0.1, -0.05) is 18.2 Å². The maximum absolute atomic E-state index is 12.1. The van der Waals surface area contributed by atoms with E-state index in [4.69, 9.17) is 5.11 Å². The second-order valence-corrected chi connectivity index (χ2v) is 5.03.